The third-order valence-electron chi connectivity index (χ3n) is 3.80. The van der Waals surface area contributed by atoms with Crippen LogP contribution in [0.5, 0.6) is 0 Å². The van der Waals surface area contributed by atoms with Crippen LogP contribution >= 0.6 is 0 Å². The summed E-state index contributed by atoms with van der Waals surface area (Å²) in [6.45, 7) is -0.0201. The maximum atomic E-state index is 12.2. The van der Waals surface area contributed by atoms with E-state index >= 15 is 0 Å². The summed E-state index contributed by atoms with van der Waals surface area (Å²) < 4.78 is 26.6. The third-order valence-corrected chi connectivity index (χ3v) is 5.28. The van der Waals surface area contributed by atoms with E-state index in [1.54, 1.807) is 36.4 Å². The lowest BCUT2D eigenvalue weighted by Gasteiger charge is -2.11. The van der Waals surface area contributed by atoms with E-state index in [1.807, 2.05) is 0 Å². The summed E-state index contributed by atoms with van der Waals surface area (Å²) in [6.07, 6.45) is -0.120. The van der Waals surface area contributed by atoms with Crippen LogP contribution in [0.1, 0.15) is 23.2 Å². The number of nitrogens with two attached hydrogens (primary N) is 1. The summed E-state index contributed by atoms with van der Waals surface area (Å²) in [5.74, 6) is -1.46. The number of hydrogen-bond donors (Lipinski definition) is 4. The number of nitrogens with one attached hydrogen (secondary N) is 3. The Morgan fingerprint density at radius 2 is 1.52 bits per heavy atom. The number of amides is 3. The van der Waals surface area contributed by atoms with Gasteiger partial charge in [0.15, 0.2) is 0 Å². The van der Waals surface area contributed by atoms with Crippen molar-refractivity contribution in [2.75, 3.05) is 18.4 Å². The number of sulfonamides is 1. The molecule has 0 aliphatic rings. The van der Waals surface area contributed by atoms with Gasteiger partial charge in [0.05, 0.1) is 16.1 Å². The predicted octanol–water partition coefficient (Wildman–Crippen LogP) is 0.599. The number of para-hydroxylation sites is 1. The van der Waals surface area contributed by atoms with Crippen LogP contribution in [0.25, 0.3) is 0 Å². The van der Waals surface area contributed by atoms with Gasteiger partial charge in [0.2, 0.25) is 21.8 Å². The number of rotatable bonds is 10. The number of carbonyl (C=O) groups is 3. The molecule has 0 aliphatic heterocycles. The molecule has 3 amide bonds. The van der Waals surface area contributed by atoms with Gasteiger partial charge in [-0.25, -0.2) is 13.1 Å². The quantitative estimate of drug-likeness (QED) is 0.446. The van der Waals surface area contributed by atoms with Gasteiger partial charge in [-0.15, -0.1) is 0 Å². The zero-order chi connectivity index (χ0) is 21.3. The summed E-state index contributed by atoms with van der Waals surface area (Å²) in [5.41, 5.74) is 5.53. The van der Waals surface area contributed by atoms with E-state index in [1.165, 1.54) is 18.2 Å². The SMILES string of the molecule is NC(=O)CCNC(=O)c1ccccc1NC(=O)CCNS(=O)(=O)c1ccccc1. The van der Waals surface area contributed by atoms with Gasteiger partial charge in [-0.1, -0.05) is 30.3 Å². The number of anilines is 1. The predicted molar refractivity (Wildman–Crippen MR) is 107 cm³/mol. The molecule has 0 aliphatic carbocycles. The highest BCUT2D eigenvalue weighted by atomic mass is 32.2. The Balaban J connectivity index is 1.91. The first-order valence-electron chi connectivity index (χ1n) is 8.79. The fourth-order valence-electron chi connectivity index (χ4n) is 2.38. The van der Waals surface area contributed by atoms with E-state index in [-0.39, 0.29) is 42.1 Å². The minimum atomic E-state index is -3.70. The molecule has 29 heavy (non-hydrogen) atoms. The highest BCUT2D eigenvalue weighted by Crippen LogP contribution is 2.15. The van der Waals surface area contributed by atoms with Crippen LogP contribution in [0, 0.1) is 0 Å². The zero-order valence-electron chi connectivity index (χ0n) is 15.6. The molecule has 10 heteroatoms. The third kappa shape index (κ3) is 7.01. The average molecular weight is 418 g/mol. The van der Waals surface area contributed by atoms with Crippen LogP contribution in [-0.2, 0) is 19.6 Å². The monoisotopic (exact) mass is 418 g/mol. The minimum absolute atomic E-state index is 0.00181. The van der Waals surface area contributed by atoms with E-state index in [2.05, 4.69) is 15.4 Å². The molecule has 0 heterocycles. The molecule has 2 aromatic rings. The second kappa shape index (κ2) is 10.3. The Morgan fingerprint density at radius 1 is 0.862 bits per heavy atom. The zero-order valence-corrected chi connectivity index (χ0v) is 16.4. The Bertz CT molecular complexity index is 977. The molecule has 2 aromatic carbocycles. The van der Waals surface area contributed by atoms with E-state index in [9.17, 15) is 22.8 Å². The molecule has 0 saturated heterocycles. The molecule has 0 radical (unpaired) electrons. The van der Waals surface area contributed by atoms with Gasteiger partial charge in [-0.2, -0.15) is 0 Å². The van der Waals surface area contributed by atoms with Crippen molar-refractivity contribution in [3.8, 4) is 0 Å². The molecule has 0 spiro atoms. The molecule has 5 N–H and O–H groups in total. The summed E-state index contributed by atoms with van der Waals surface area (Å²) in [5, 5.41) is 5.13. The van der Waals surface area contributed by atoms with Crippen molar-refractivity contribution in [2.45, 2.75) is 17.7 Å². The fourth-order valence-corrected chi connectivity index (χ4v) is 3.43. The van der Waals surface area contributed by atoms with Gasteiger partial charge in [0.25, 0.3) is 5.91 Å². The normalized spacial score (nSPS) is 10.9. The Labute approximate surface area is 168 Å². The second-order valence-corrected chi connectivity index (χ2v) is 7.79. The van der Waals surface area contributed by atoms with Crippen LogP contribution in [-0.4, -0.2) is 39.2 Å². The maximum Gasteiger partial charge on any atom is 0.253 e. The standard InChI is InChI=1S/C19H22N4O5S/c20-17(24)10-12-21-19(26)15-8-4-5-9-16(15)23-18(25)11-13-22-29(27,28)14-6-2-1-3-7-14/h1-9,22H,10-13H2,(H2,20,24)(H,21,26)(H,23,25). The van der Waals surface area contributed by atoms with Crippen molar-refractivity contribution in [1.29, 1.82) is 0 Å². The van der Waals surface area contributed by atoms with Crippen LogP contribution in [0.2, 0.25) is 0 Å². The largest absolute Gasteiger partial charge is 0.370 e. The Hall–Kier alpha value is -3.24. The highest BCUT2D eigenvalue weighted by molar-refractivity contribution is 7.89. The van der Waals surface area contributed by atoms with Crippen LogP contribution in [0.4, 0.5) is 5.69 Å². The molecule has 0 fully saturated rings. The molecular weight excluding hydrogens is 396 g/mol. The van der Waals surface area contributed by atoms with Crippen molar-refractivity contribution in [1.82, 2.24) is 10.0 Å². The van der Waals surface area contributed by atoms with Gasteiger partial charge in [-0.05, 0) is 24.3 Å². The lowest BCUT2D eigenvalue weighted by molar-refractivity contribution is -0.118. The number of carbonyl (C=O) groups excluding carboxylic acids is 3. The molecule has 0 atom stereocenters. The number of benzene rings is 2. The smallest absolute Gasteiger partial charge is 0.253 e. The molecule has 154 valence electrons. The lowest BCUT2D eigenvalue weighted by Crippen LogP contribution is -2.30. The van der Waals surface area contributed by atoms with Gasteiger partial charge in [0.1, 0.15) is 0 Å². The first-order chi connectivity index (χ1) is 13.8. The van der Waals surface area contributed by atoms with Crippen molar-refractivity contribution in [2.24, 2.45) is 5.73 Å². The Kier molecular flexibility index (Phi) is 7.87. The summed E-state index contributed by atoms with van der Waals surface area (Å²) in [6, 6.07) is 14.2. The molecular formula is C19H22N4O5S. The van der Waals surface area contributed by atoms with Gasteiger partial charge >= 0.3 is 0 Å². The van der Waals surface area contributed by atoms with Crippen LogP contribution in [0.15, 0.2) is 59.5 Å². The first kappa shape index (κ1) is 22.1. The van der Waals surface area contributed by atoms with E-state index in [4.69, 9.17) is 5.73 Å². The fraction of sp³-hybridized carbons (Fsp3) is 0.211. The Morgan fingerprint density at radius 3 is 2.21 bits per heavy atom. The average Bonchev–Trinajstić information content (AvgIpc) is 2.68. The maximum absolute atomic E-state index is 12.2. The van der Waals surface area contributed by atoms with E-state index in [0.717, 1.165) is 0 Å². The van der Waals surface area contributed by atoms with Crippen molar-refractivity contribution >= 4 is 33.4 Å². The van der Waals surface area contributed by atoms with Crippen LogP contribution < -0.4 is 21.1 Å². The highest BCUT2D eigenvalue weighted by Gasteiger charge is 2.15. The van der Waals surface area contributed by atoms with Crippen molar-refractivity contribution in [3.05, 3.63) is 60.2 Å². The summed E-state index contributed by atoms with van der Waals surface area (Å²) >= 11 is 0. The van der Waals surface area contributed by atoms with Crippen molar-refractivity contribution < 1.29 is 22.8 Å². The van der Waals surface area contributed by atoms with Gasteiger partial charge in [0, 0.05) is 25.9 Å². The molecule has 0 saturated carbocycles. The first-order valence-corrected chi connectivity index (χ1v) is 10.3. The summed E-state index contributed by atoms with van der Waals surface area (Å²) in [4.78, 5) is 35.3. The van der Waals surface area contributed by atoms with Crippen LogP contribution in [0.3, 0.4) is 0 Å². The molecule has 2 rings (SSSR count). The number of hydrogen-bond acceptors (Lipinski definition) is 5. The molecule has 0 unspecified atom stereocenters. The van der Waals surface area contributed by atoms with E-state index in [0.29, 0.717) is 0 Å². The number of primary amides is 1. The lowest BCUT2D eigenvalue weighted by atomic mass is 10.1. The van der Waals surface area contributed by atoms with Gasteiger partial charge < -0.3 is 16.4 Å². The molecule has 0 bridgehead atoms. The second-order valence-electron chi connectivity index (χ2n) is 6.03. The van der Waals surface area contributed by atoms with Gasteiger partial charge in [-0.3, -0.25) is 14.4 Å². The molecule has 9 nitrogen and oxygen atoms in total. The minimum Gasteiger partial charge on any atom is -0.370 e. The van der Waals surface area contributed by atoms with Crippen molar-refractivity contribution in [3.63, 3.8) is 0 Å². The summed E-state index contributed by atoms with van der Waals surface area (Å²) in [7, 11) is -3.70. The molecule has 0 aromatic heterocycles. The van der Waals surface area contributed by atoms with E-state index < -0.39 is 27.7 Å². The topological polar surface area (TPSA) is 147 Å².